The molecule has 0 saturated carbocycles. The molecule has 1 radical (unpaired) electrons. The van der Waals surface area contributed by atoms with Gasteiger partial charge in [0.05, 0.1) is 73.1 Å². The Labute approximate surface area is 597 Å². The third-order valence-electron chi connectivity index (χ3n) is 23.1. The number of nitrogens with one attached hydrogen (secondary N) is 4. The van der Waals surface area contributed by atoms with Crippen molar-refractivity contribution < 1.29 is 106 Å². The molecule has 4 amide bonds. The summed E-state index contributed by atoms with van der Waals surface area (Å²) in [4.78, 5) is 83.5. The summed E-state index contributed by atoms with van der Waals surface area (Å²) in [5.41, 5.74) is 0.693. The fourth-order valence-electron chi connectivity index (χ4n) is 17.7. The van der Waals surface area contributed by atoms with Gasteiger partial charge >= 0.3 is 0 Å². The molecule has 0 aliphatic carbocycles. The van der Waals surface area contributed by atoms with Crippen LogP contribution in [0.1, 0.15) is 175 Å². The van der Waals surface area contributed by atoms with E-state index in [-0.39, 0.29) is 172 Å². The Morgan fingerprint density at radius 2 is 1.55 bits per heavy atom. The van der Waals surface area contributed by atoms with E-state index in [0.29, 0.717) is 88.9 Å². The fourth-order valence-corrected chi connectivity index (χ4v) is 17.8. The molecule has 22 nitrogen and oxygen atoms in total. The quantitative estimate of drug-likeness (QED) is 0.0467. The molecule has 13 heterocycles. The molecule has 12 bridgehead atoms. The molecule has 20 atom stereocenters. The summed E-state index contributed by atoms with van der Waals surface area (Å²) in [7, 11) is 2.12. The van der Waals surface area contributed by atoms with Crippen LogP contribution in [0.5, 0.6) is 0 Å². The molecular weight excluding hydrogens is 1380 g/mol. The Bertz CT molecular complexity index is 3000. The molecule has 12 aliphatic heterocycles. The summed E-state index contributed by atoms with van der Waals surface area (Å²) in [5.74, 6) is 3.04. The minimum Gasteiger partial charge on any atom is -0.740 e. The first kappa shape index (κ1) is 73.0. The van der Waals surface area contributed by atoms with Gasteiger partial charge in [0.15, 0.2) is 5.79 Å². The number of rotatable bonds is 16. The van der Waals surface area contributed by atoms with Gasteiger partial charge in [-0.15, -0.1) is 0 Å². The molecule has 1 aromatic rings. The number of amides is 4. The molecule has 12 saturated heterocycles. The largest absolute Gasteiger partial charge is 0.740 e. The minimum atomic E-state index is -1.36. The molecule has 2 unspecified atom stereocenters. The number of fused-ring (bicyclic) bond motifs is 6. The van der Waals surface area contributed by atoms with Crippen molar-refractivity contribution in [1.29, 1.82) is 0 Å². The molecule has 12 aliphatic rings. The second kappa shape index (κ2) is 31.3. The van der Waals surface area contributed by atoms with Crippen LogP contribution in [-0.4, -0.2) is 215 Å². The van der Waals surface area contributed by atoms with E-state index in [0.717, 1.165) is 69.2 Å². The number of aromatic nitrogens is 2. The predicted molar refractivity (Wildman–Crippen MR) is 348 cm³/mol. The molecule has 13 rings (SSSR count). The number of ether oxygens (including phenoxy) is 8. The summed E-state index contributed by atoms with van der Waals surface area (Å²) < 4.78 is 55.7. The van der Waals surface area contributed by atoms with Crippen molar-refractivity contribution in [1.82, 2.24) is 41.0 Å². The number of aliphatic hydroxyl groups excluding tert-OH is 1. The Balaban J connectivity index is 0.00000919. The van der Waals surface area contributed by atoms with Gasteiger partial charge in [-0.2, -0.15) is 0 Å². The van der Waals surface area contributed by atoms with Crippen molar-refractivity contribution in [3.05, 3.63) is 42.3 Å². The molecule has 1 spiro atoms. The van der Waals surface area contributed by atoms with E-state index in [1.807, 2.05) is 13.8 Å². The third-order valence-corrected chi connectivity index (χ3v) is 23.3. The van der Waals surface area contributed by atoms with Gasteiger partial charge in [-0.05, 0) is 139 Å². The standard InChI is InChI=1S/C71H104N8O14S.Tb/c1-9-51-52-32-46(80)31-49-16-18-54-62(88-49)63-65-69(7,91-54)64-58(90-65)35-71(92-63,93-64)22-19-50-30-42(5)53(86-50)17-15-48-29-41(4)43(6)55(87-48)34-57(52)89-56(51)33-47(81)38-72-60(83)39-73-67(85)70(23-27-79(28-24-70)45-20-25-78(8)26-21-45)77-66(84)61(40(2)3)76-59(82)14-12-10-11-13-44-36-74-68(94)75-37-44;/h36-37,40-41,45,47-58,61-65,81H,5-6,9-10,12,14-35,38-39H2,1-4,7-8H3,(H,72,83)(H,73,85)(H,76,82)(H,77,84)(H,74,75,94);/p-1/t41-,47+,48+,49-,50+,51-,52-,53?,54+,55-,56-,57+,58?,61+,62+,63+,64+,65+,69+,71-;/m1./s1. The fraction of sp³-hybridized carbons (Fsp3) is 0.789. The molecule has 527 valence electrons. The number of hydrogen-bond donors (Lipinski definition) is 5. The van der Waals surface area contributed by atoms with Gasteiger partial charge in [-0.25, -0.2) is 0 Å². The molecule has 0 aromatic carbocycles. The first-order chi connectivity index (χ1) is 45.1. The normalized spacial score (nSPS) is 37.7. The Morgan fingerprint density at radius 1 is 0.811 bits per heavy atom. The van der Waals surface area contributed by atoms with Crippen LogP contribution in [0.25, 0.3) is 0 Å². The zero-order valence-corrected chi connectivity index (χ0v) is 59.4. The maximum absolute atomic E-state index is 14.7. The Morgan fingerprint density at radius 3 is 2.29 bits per heavy atom. The van der Waals surface area contributed by atoms with Crippen LogP contribution in [0, 0.1) is 74.1 Å². The molecule has 24 heteroatoms. The SMILES string of the molecule is C=C1C[C@@H]2CC[C@@]34CC5O[C@H]6[C@@H](O3)[C@H]3O[C@H](CC[C@@H]3O[C@@]6(C)[C@H]5O4)CC(=O)C[C@@H]3[C@@H](CC)[C@@H](C[C@H](O)CNC(=O)CNC(=O)C4(NC(=O)[C@@H](NC(=O)CCCC#Cc5cnc([S-])nc5)C(C)C)CCN(C5CCN(C)CC5)CC4)O[C@H]3C[C@H]3O[C@@H](CCC1O2)C[C@@H](C)C3=C.[Tb]. The molecule has 95 heavy (non-hydrogen) atoms. The van der Waals surface area contributed by atoms with Crippen LogP contribution in [0.4, 0.5) is 0 Å². The number of carbonyl (C=O) groups excluding carboxylic acids is 5. The van der Waals surface area contributed by atoms with E-state index in [1.165, 1.54) is 0 Å². The number of likely N-dealkylation sites (tertiary alicyclic amines) is 2. The summed E-state index contributed by atoms with van der Waals surface area (Å²) in [5, 5.41) is 23.8. The van der Waals surface area contributed by atoms with Crippen LogP contribution in [-0.2, 0) is 74.5 Å². The van der Waals surface area contributed by atoms with Gasteiger partial charge in [0.25, 0.3) is 0 Å². The van der Waals surface area contributed by atoms with Gasteiger partial charge in [0.2, 0.25) is 23.6 Å². The molecule has 1 aromatic heterocycles. The first-order valence-corrected chi connectivity index (χ1v) is 35.9. The van der Waals surface area contributed by atoms with Gasteiger partial charge in [-0.3, -0.25) is 33.9 Å². The maximum Gasteiger partial charge on any atom is 0.246 e. The summed E-state index contributed by atoms with van der Waals surface area (Å²) in [6.45, 7) is 21.8. The monoisotopic (exact) mass is 1480 g/mol. The summed E-state index contributed by atoms with van der Waals surface area (Å²) in [6, 6.07) is -0.573. The average molecular weight is 1480 g/mol. The van der Waals surface area contributed by atoms with E-state index < -0.39 is 71.7 Å². The summed E-state index contributed by atoms with van der Waals surface area (Å²) >= 11 is 4.95. The average Bonchev–Trinajstić information content (AvgIpc) is 1.53. The van der Waals surface area contributed by atoms with Crippen molar-refractivity contribution in [2.45, 2.75) is 289 Å². The van der Waals surface area contributed by atoms with Gasteiger partial charge in [0.1, 0.15) is 47.4 Å². The topological polar surface area (TPSA) is 260 Å². The van der Waals surface area contributed by atoms with Gasteiger partial charge < -0.3 is 86.7 Å². The number of piperidine rings is 2. The minimum absolute atomic E-state index is 0. The van der Waals surface area contributed by atoms with E-state index >= 15 is 0 Å². The number of hydrogen-bond acceptors (Lipinski definition) is 19. The first-order valence-electron chi connectivity index (χ1n) is 35.5. The maximum atomic E-state index is 14.7. The van der Waals surface area contributed by atoms with Crippen LogP contribution >= 0.6 is 0 Å². The van der Waals surface area contributed by atoms with E-state index in [1.54, 1.807) is 12.4 Å². The van der Waals surface area contributed by atoms with Crippen molar-refractivity contribution >= 4 is 42.0 Å². The smallest absolute Gasteiger partial charge is 0.246 e. The van der Waals surface area contributed by atoms with E-state index in [9.17, 15) is 29.1 Å². The number of aliphatic hydroxyl groups is 1. The van der Waals surface area contributed by atoms with E-state index in [2.05, 4.69) is 93.9 Å². The number of nitrogens with zero attached hydrogens (tertiary/aromatic N) is 4. The predicted octanol–water partition coefficient (Wildman–Crippen LogP) is 5.22. The van der Waals surface area contributed by atoms with E-state index in [4.69, 9.17) is 50.5 Å². The zero-order valence-electron chi connectivity index (χ0n) is 56.5. The van der Waals surface area contributed by atoms with Crippen LogP contribution in [0.15, 0.2) is 41.9 Å². The summed E-state index contributed by atoms with van der Waals surface area (Å²) in [6.07, 6.45) is 10.7. The second-order valence-electron chi connectivity index (χ2n) is 30.0. The van der Waals surface area contributed by atoms with Crippen molar-refractivity contribution in [2.75, 3.05) is 46.3 Å². The van der Waals surface area contributed by atoms with Crippen LogP contribution < -0.4 is 21.3 Å². The van der Waals surface area contributed by atoms with Gasteiger partial charge in [0, 0.05) is 133 Å². The van der Waals surface area contributed by atoms with Crippen molar-refractivity contribution in [3.8, 4) is 11.8 Å². The zero-order chi connectivity index (χ0) is 66.2. The molecule has 12 fully saturated rings. The third kappa shape index (κ3) is 16.6. The van der Waals surface area contributed by atoms with Crippen LogP contribution in [0.3, 0.4) is 0 Å². The van der Waals surface area contributed by atoms with Crippen molar-refractivity contribution in [2.24, 2.45) is 23.7 Å². The molecular formula is C71H103N8O14STb-. The van der Waals surface area contributed by atoms with Crippen molar-refractivity contribution in [3.63, 3.8) is 0 Å². The Kier molecular flexibility index (Phi) is 24.1. The second-order valence-corrected chi connectivity index (χ2v) is 30.4. The number of carbonyl (C=O) groups is 5. The number of ketones is 1. The van der Waals surface area contributed by atoms with Gasteiger partial charge in [-0.1, -0.05) is 59.1 Å². The van der Waals surface area contributed by atoms with Crippen LogP contribution in [0.2, 0.25) is 0 Å². The number of unbranched alkanes of at least 4 members (excludes halogenated alkanes) is 1. The number of Topliss-reactive ketones (excluding diaryl/α,β-unsaturated/α-hetero) is 1. The Hall–Kier alpha value is -3.26. The molecule has 5 N–H and O–H groups in total.